The Morgan fingerprint density at radius 2 is 1.97 bits per heavy atom. The van der Waals surface area contributed by atoms with Crippen molar-refractivity contribution < 1.29 is 9.13 Å². The third kappa shape index (κ3) is 3.36. The predicted molar refractivity (Wildman–Crippen MR) is 122 cm³/mol. The highest BCUT2D eigenvalue weighted by atomic mass is 19.1. The van der Waals surface area contributed by atoms with Crippen molar-refractivity contribution >= 4 is 34.2 Å². The van der Waals surface area contributed by atoms with E-state index in [0.717, 1.165) is 5.69 Å². The molecule has 2 aromatic carbocycles. The number of hydrogen-bond donors (Lipinski definition) is 2. The van der Waals surface area contributed by atoms with Gasteiger partial charge in [-0.1, -0.05) is 31.2 Å². The molecule has 1 aliphatic heterocycles. The topological polar surface area (TPSA) is 91.3 Å². The average molecular weight is 431 g/mol. The summed E-state index contributed by atoms with van der Waals surface area (Å²) in [6.45, 7) is 2.05. The molecule has 3 heterocycles. The number of nitrogens with zero attached hydrogens (tertiary/aromatic N) is 5. The highest BCUT2D eigenvalue weighted by Crippen LogP contribution is 2.40. The fraction of sp³-hybridized carbons (Fsp3) is 0.217. The zero-order valence-corrected chi connectivity index (χ0v) is 17.7. The third-order valence-electron chi connectivity index (χ3n) is 5.50. The number of imidazole rings is 1. The first-order valence-corrected chi connectivity index (χ1v) is 10.4. The van der Waals surface area contributed by atoms with Crippen LogP contribution in [0.2, 0.25) is 0 Å². The molecular weight excluding hydrogens is 409 g/mol. The van der Waals surface area contributed by atoms with Gasteiger partial charge in [-0.15, -0.1) is 0 Å². The van der Waals surface area contributed by atoms with Crippen LogP contribution in [0.25, 0.3) is 11.2 Å². The number of aromatic nitrogens is 4. The number of H-pyrrole nitrogens is 1. The Morgan fingerprint density at radius 1 is 1.12 bits per heavy atom. The second-order valence-electron chi connectivity index (χ2n) is 7.36. The summed E-state index contributed by atoms with van der Waals surface area (Å²) in [4.78, 5) is 22.7. The van der Waals surface area contributed by atoms with Crippen molar-refractivity contribution in [3.63, 3.8) is 0 Å². The number of rotatable bonds is 6. The van der Waals surface area contributed by atoms with Crippen LogP contribution in [0.1, 0.15) is 25.1 Å². The van der Waals surface area contributed by atoms with Crippen molar-refractivity contribution in [1.82, 2.24) is 19.9 Å². The van der Waals surface area contributed by atoms with E-state index in [9.17, 15) is 4.39 Å². The number of nitrogens with one attached hydrogen (secondary N) is 2. The van der Waals surface area contributed by atoms with Crippen LogP contribution in [0, 0.1) is 5.82 Å². The molecule has 4 aromatic rings. The van der Waals surface area contributed by atoms with Crippen LogP contribution in [-0.4, -0.2) is 38.9 Å². The maximum absolute atomic E-state index is 14.9. The number of methoxy groups -OCH3 is 1. The standard InChI is InChI=1S/C23H22FN7O/c1-3-16(29-21-19-20(26-12-25-19)27-13-28-21)22-30-17-11-7-10-15(24)18(17)23(32-2)31(22)14-8-5-4-6-9-14/h4-13,16,23H,3H2,1-2H3,(H2,25,26,27,28,29)/t16-,23?/m0/s1. The monoisotopic (exact) mass is 431 g/mol. The molecule has 0 spiro atoms. The van der Waals surface area contributed by atoms with Crippen LogP contribution in [0.4, 0.5) is 21.6 Å². The predicted octanol–water partition coefficient (Wildman–Crippen LogP) is 4.58. The summed E-state index contributed by atoms with van der Waals surface area (Å²) in [6.07, 6.45) is 3.08. The number of fused-ring (bicyclic) bond motifs is 2. The Hall–Kier alpha value is -3.85. The van der Waals surface area contributed by atoms with Gasteiger partial charge in [0.15, 0.2) is 17.7 Å². The highest BCUT2D eigenvalue weighted by Gasteiger charge is 2.36. The van der Waals surface area contributed by atoms with E-state index in [1.165, 1.54) is 12.4 Å². The lowest BCUT2D eigenvalue weighted by Crippen LogP contribution is -2.47. The molecule has 0 saturated heterocycles. The van der Waals surface area contributed by atoms with Crippen LogP contribution in [0.5, 0.6) is 0 Å². The minimum Gasteiger partial charge on any atom is -0.358 e. The van der Waals surface area contributed by atoms with Gasteiger partial charge in [-0.25, -0.2) is 24.3 Å². The van der Waals surface area contributed by atoms with E-state index < -0.39 is 6.23 Å². The smallest absolute Gasteiger partial charge is 0.182 e. The first-order chi connectivity index (χ1) is 15.7. The molecule has 9 heteroatoms. The number of para-hydroxylation sites is 1. The van der Waals surface area contributed by atoms with Gasteiger partial charge < -0.3 is 15.0 Å². The van der Waals surface area contributed by atoms with Crippen molar-refractivity contribution in [2.24, 2.45) is 4.99 Å². The van der Waals surface area contributed by atoms with Crippen LogP contribution in [0.15, 0.2) is 66.2 Å². The lowest BCUT2D eigenvalue weighted by atomic mass is 10.0. The van der Waals surface area contributed by atoms with Gasteiger partial charge in [0, 0.05) is 12.8 Å². The average Bonchev–Trinajstić information content (AvgIpc) is 3.32. The molecule has 162 valence electrons. The molecule has 5 rings (SSSR count). The van der Waals surface area contributed by atoms with Crippen molar-refractivity contribution in [2.75, 3.05) is 17.3 Å². The molecule has 0 bridgehead atoms. The van der Waals surface area contributed by atoms with Gasteiger partial charge in [-0.2, -0.15) is 0 Å². The number of aliphatic imine (C=N–C) groups is 1. The Morgan fingerprint density at radius 3 is 2.75 bits per heavy atom. The van der Waals surface area contributed by atoms with Gasteiger partial charge in [0.2, 0.25) is 0 Å². The Bertz CT molecular complexity index is 1270. The number of ether oxygens (including phenoxy) is 1. The lowest BCUT2D eigenvalue weighted by Gasteiger charge is -2.40. The molecule has 8 nitrogen and oxygen atoms in total. The van der Waals surface area contributed by atoms with Gasteiger partial charge in [0.25, 0.3) is 0 Å². The van der Waals surface area contributed by atoms with E-state index in [0.29, 0.717) is 40.5 Å². The molecule has 0 radical (unpaired) electrons. The number of halogens is 1. The fourth-order valence-corrected chi connectivity index (χ4v) is 4.01. The van der Waals surface area contributed by atoms with E-state index in [1.54, 1.807) is 25.6 Å². The van der Waals surface area contributed by atoms with Gasteiger partial charge in [-0.05, 0) is 30.7 Å². The zero-order chi connectivity index (χ0) is 22.1. The second-order valence-corrected chi connectivity index (χ2v) is 7.36. The molecule has 0 amide bonds. The molecule has 2 atom stereocenters. The molecule has 0 aliphatic carbocycles. The maximum Gasteiger partial charge on any atom is 0.182 e. The van der Waals surface area contributed by atoms with E-state index in [1.807, 2.05) is 35.2 Å². The zero-order valence-electron chi connectivity index (χ0n) is 17.7. The van der Waals surface area contributed by atoms with E-state index in [-0.39, 0.29) is 11.9 Å². The van der Waals surface area contributed by atoms with E-state index >= 15 is 0 Å². The van der Waals surface area contributed by atoms with Crippen molar-refractivity contribution in [2.45, 2.75) is 25.6 Å². The quantitative estimate of drug-likeness (QED) is 0.464. The van der Waals surface area contributed by atoms with Crippen LogP contribution in [-0.2, 0) is 4.74 Å². The molecule has 2 N–H and O–H groups in total. The van der Waals surface area contributed by atoms with Crippen LogP contribution >= 0.6 is 0 Å². The Kier molecular flexibility index (Phi) is 5.24. The highest BCUT2D eigenvalue weighted by molar-refractivity contribution is 6.06. The molecule has 0 fully saturated rings. The Labute approximate surface area is 184 Å². The number of benzene rings is 2. The minimum atomic E-state index is -0.672. The molecule has 2 aromatic heterocycles. The van der Waals surface area contributed by atoms with E-state index in [4.69, 9.17) is 9.73 Å². The summed E-state index contributed by atoms with van der Waals surface area (Å²) >= 11 is 0. The normalized spacial score (nSPS) is 16.5. The Balaban J connectivity index is 1.65. The van der Waals surface area contributed by atoms with E-state index in [2.05, 4.69) is 32.2 Å². The number of anilines is 2. The molecule has 32 heavy (non-hydrogen) atoms. The summed E-state index contributed by atoms with van der Waals surface area (Å²) in [5.74, 6) is 0.970. The second kappa shape index (κ2) is 8.35. The van der Waals surface area contributed by atoms with Gasteiger partial charge in [0.1, 0.15) is 23.5 Å². The molecule has 1 unspecified atom stereocenters. The first kappa shape index (κ1) is 20.1. The van der Waals surface area contributed by atoms with Crippen molar-refractivity contribution in [3.8, 4) is 0 Å². The lowest BCUT2D eigenvalue weighted by molar-refractivity contribution is 0.106. The molecule has 1 aliphatic rings. The maximum atomic E-state index is 14.9. The summed E-state index contributed by atoms with van der Waals surface area (Å²) < 4.78 is 20.7. The summed E-state index contributed by atoms with van der Waals surface area (Å²) in [6, 6.07) is 14.4. The number of aromatic amines is 1. The summed E-state index contributed by atoms with van der Waals surface area (Å²) in [5.41, 5.74) is 3.10. The minimum absolute atomic E-state index is 0.245. The van der Waals surface area contributed by atoms with Gasteiger partial charge in [0.05, 0.1) is 23.6 Å². The summed E-state index contributed by atoms with van der Waals surface area (Å²) in [5, 5.41) is 3.47. The molecular formula is C23H22FN7O. The summed E-state index contributed by atoms with van der Waals surface area (Å²) in [7, 11) is 1.58. The largest absolute Gasteiger partial charge is 0.358 e. The fourth-order valence-electron chi connectivity index (χ4n) is 4.01. The van der Waals surface area contributed by atoms with Crippen LogP contribution in [0.3, 0.4) is 0 Å². The van der Waals surface area contributed by atoms with Crippen molar-refractivity contribution in [1.29, 1.82) is 0 Å². The third-order valence-corrected chi connectivity index (χ3v) is 5.50. The SMILES string of the molecule is CC[C@H](Nc1ncnc2nc[nH]c12)C1=Nc2cccc(F)c2C(OC)N1c1ccccc1. The van der Waals surface area contributed by atoms with Crippen molar-refractivity contribution in [3.05, 3.63) is 72.6 Å². The van der Waals surface area contributed by atoms with Gasteiger partial charge >= 0.3 is 0 Å². The first-order valence-electron chi connectivity index (χ1n) is 10.4. The van der Waals surface area contributed by atoms with Crippen LogP contribution < -0.4 is 10.2 Å². The molecule has 0 saturated carbocycles. The van der Waals surface area contributed by atoms with Gasteiger partial charge in [-0.3, -0.25) is 4.90 Å². The number of amidine groups is 1. The number of hydrogen-bond acceptors (Lipinski definition) is 7.